The number of nitrogens with one attached hydrogen (secondary N) is 3. The third-order valence-corrected chi connectivity index (χ3v) is 5.06. The van der Waals surface area contributed by atoms with Crippen molar-refractivity contribution in [2.45, 2.75) is 45.2 Å². The lowest BCUT2D eigenvalue weighted by molar-refractivity contribution is -0.128. The number of hydrogen-bond donors (Lipinski definition) is 3. The summed E-state index contributed by atoms with van der Waals surface area (Å²) in [5.41, 5.74) is 1.10. The third-order valence-electron chi connectivity index (χ3n) is 5.06. The first-order valence-corrected chi connectivity index (χ1v) is 10.0. The van der Waals surface area contributed by atoms with Gasteiger partial charge in [0.25, 0.3) is 0 Å². The minimum Gasteiger partial charge on any atom is -0.497 e. The fourth-order valence-corrected chi connectivity index (χ4v) is 3.37. The molecule has 0 saturated heterocycles. The van der Waals surface area contributed by atoms with E-state index in [0.29, 0.717) is 17.1 Å². The van der Waals surface area contributed by atoms with Gasteiger partial charge in [0.1, 0.15) is 18.3 Å². The molecular weight excluding hydrogens is 386 g/mol. The number of ether oxygens (including phenoxy) is 1. The van der Waals surface area contributed by atoms with E-state index in [1.54, 1.807) is 44.5 Å². The molecule has 0 spiro atoms. The molecule has 1 heterocycles. The summed E-state index contributed by atoms with van der Waals surface area (Å²) < 4.78 is 6.51. The topological polar surface area (TPSA) is 114 Å². The van der Waals surface area contributed by atoms with E-state index in [2.05, 4.69) is 21.0 Å². The van der Waals surface area contributed by atoms with Crippen LogP contribution in [0, 0.1) is 5.92 Å². The molecule has 1 aromatic heterocycles. The van der Waals surface area contributed by atoms with E-state index < -0.39 is 6.04 Å². The molecule has 1 unspecified atom stereocenters. The number of nitrogens with zero attached hydrogens (tertiary/aromatic N) is 2. The maximum atomic E-state index is 12.3. The molecular formula is C21H27N5O4. The van der Waals surface area contributed by atoms with Crippen molar-refractivity contribution in [3.8, 4) is 5.75 Å². The highest BCUT2D eigenvalue weighted by Gasteiger charge is 2.25. The first-order chi connectivity index (χ1) is 14.4. The lowest BCUT2D eigenvalue weighted by Gasteiger charge is -2.16. The Morgan fingerprint density at radius 3 is 2.50 bits per heavy atom. The van der Waals surface area contributed by atoms with Gasteiger partial charge in [-0.1, -0.05) is 12.8 Å². The van der Waals surface area contributed by atoms with Gasteiger partial charge in [0.2, 0.25) is 17.7 Å². The predicted octanol–water partition coefficient (Wildman–Crippen LogP) is 2.16. The van der Waals surface area contributed by atoms with Crippen LogP contribution in [0.25, 0.3) is 0 Å². The van der Waals surface area contributed by atoms with Crippen LogP contribution in [0.4, 0.5) is 11.4 Å². The Labute approximate surface area is 175 Å². The highest BCUT2D eigenvalue weighted by Crippen LogP contribution is 2.24. The van der Waals surface area contributed by atoms with Gasteiger partial charge >= 0.3 is 0 Å². The van der Waals surface area contributed by atoms with Gasteiger partial charge in [0, 0.05) is 17.8 Å². The van der Waals surface area contributed by atoms with Crippen LogP contribution in [-0.4, -0.2) is 40.7 Å². The monoisotopic (exact) mass is 413 g/mol. The van der Waals surface area contributed by atoms with E-state index in [9.17, 15) is 14.4 Å². The largest absolute Gasteiger partial charge is 0.497 e. The van der Waals surface area contributed by atoms with Crippen LogP contribution >= 0.6 is 0 Å². The summed E-state index contributed by atoms with van der Waals surface area (Å²) in [5, 5.41) is 12.3. The number of benzene rings is 1. The van der Waals surface area contributed by atoms with Crippen molar-refractivity contribution in [2.75, 3.05) is 17.7 Å². The van der Waals surface area contributed by atoms with Gasteiger partial charge in [-0.3, -0.25) is 19.1 Å². The zero-order valence-corrected chi connectivity index (χ0v) is 17.2. The Balaban J connectivity index is 1.46. The lowest BCUT2D eigenvalue weighted by atomic mass is 10.1. The van der Waals surface area contributed by atoms with Gasteiger partial charge in [0.05, 0.1) is 19.0 Å². The van der Waals surface area contributed by atoms with E-state index >= 15 is 0 Å². The zero-order chi connectivity index (χ0) is 21.5. The van der Waals surface area contributed by atoms with Crippen LogP contribution in [0.5, 0.6) is 5.75 Å². The van der Waals surface area contributed by atoms with Crippen LogP contribution in [0.2, 0.25) is 0 Å². The first kappa shape index (κ1) is 21.4. The number of amides is 3. The summed E-state index contributed by atoms with van der Waals surface area (Å²) in [6.07, 6.45) is 6.91. The number of rotatable bonds is 8. The maximum absolute atomic E-state index is 12.3. The molecule has 1 aliphatic rings. The van der Waals surface area contributed by atoms with Crippen molar-refractivity contribution < 1.29 is 19.1 Å². The number of anilines is 2. The Bertz CT molecular complexity index is 887. The number of hydrogen-bond acceptors (Lipinski definition) is 5. The van der Waals surface area contributed by atoms with Crippen molar-refractivity contribution in [3.05, 3.63) is 36.7 Å². The highest BCUT2D eigenvalue weighted by atomic mass is 16.5. The zero-order valence-electron chi connectivity index (χ0n) is 17.2. The molecule has 3 N–H and O–H groups in total. The number of aromatic nitrogens is 2. The maximum Gasteiger partial charge on any atom is 0.246 e. The quantitative estimate of drug-likeness (QED) is 0.614. The van der Waals surface area contributed by atoms with Crippen LogP contribution in [-0.2, 0) is 20.9 Å². The van der Waals surface area contributed by atoms with E-state index in [-0.39, 0.29) is 30.2 Å². The molecule has 1 aromatic carbocycles. The Hall–Kier alpha value is -3.36. The molecule has 9 heteroatoms. The van der Waals surface area contributed by atoms with Crippen molar-refractivity contribution in [1.29, 1.82) is 0 Å². The van der Waals surface area contributed by atoms with E-state index in [4.69, 9.17) is 4.74 Å². The Kier molecular flexibility index (Phi) is 7.05. The molecule has 1 atom stereocenters. The van der Waals surface area contributed by atoms with Crippen LogP contribution < -0.4 is 20.7 Å². The third kappa shape index (κ3) is 5.82. The van der Waals surface area contributed by atoms with Crippen LogP contribution in [0.3, 0.4) is 0 Å². The molecule has 9 nitrogen and oxygen atoms in total. The lowest BCUT2D eigenvalue weighted by Crippen LogP contribution is -2.43. The van der Waals surface area contributed by atoms with Crippen LogP contribution in [0.1, 0.15) is 32.6 Å². The average Bonchev–Trinajstić information content (AvgIpc) is 3.41. The average molecular weight is 413 g/mol. The van der Waals surface area contributed by atoms with E-state index in [1.807, 2.05) is 0 Å². The summed E-state index contributed by atoms with van der Waals surface area (Å²) >= 11 is 0. The van der Waals surface area contributed by atoms with Crippen molar-refractivity contribution >= 4 is 29.1 Å². The fourth-order valence-electron chi connectivity index (χ4n) is 3.37. The molecule has 2 aromatic rings. The van der Waals surface area contributed by atoms with E-state index in [0.717, 1.165) is 25.7 Å². The SMILES string of the molecule is COc1ccc(NC(=O)Cn2cc(NC(=O)C(C)NC(=O)C3CCCC3)cn2)cc1. The number of carbonyl (C=O) groups is 3. The molecule has 160 valence electrons. The Morgan fingerprint density at radius 2 is 1.83 bits per heavy atom. The summed E-state index contributed by atoms with van der Waals surface area (Å²) in [6.45, 7) is 1.64. The molecule has 0 bridgehead atoms. The minimum atomic E-state index is -0.653. The second kappa shape index (κ2) is 9.91. The smallest absolute Gasteiger partial charge is 0.246 e. The van der Waals surface area contributed by atoms with Gasteiger partial charge in [-0.2, -0.15) is 5.10 Å². The molecule has 1 fully saturated rings. The summed E-state index contributed by atoms with van der Waals surface area (Å²) in [5.74, 6) is 0.0595. The minimum absolute atomic E-state index is 0.00410. The summed E-state index contributed by atoms with van der Waals surface area (Å²) in [4.78, 5) is 36.7. The molecule has 0 radical (unpaired) electrons. The molecule has 30 heavy (non-hydrogen) atoms. The van der Waals surface area contributed by atoms with Crippen LogP contribution in [0.15, 0.2) is 36.7 Å². The van der Waals surface area contributed by atoms with Gasteiger partial charge in [-0.15, -0.1) is 0 Å². The number of carbonyl (C=O) groups excluding carboxylic acids is 3. The van der Waals surface area contributed by atoms with Crippen molar-refractivity contribution in [1.82, 2.24) is 15.1 Å². The standard InChI is InChI=1S/C21H27N5O4/c1-14(23-21(29)15-5-3-4-6-15)20(28)25-17-11-22-26(12-17)13-19(27)24-16-7-9-18(30-2)10-8-16/h7-12,14-15H,3-6,13H2,1-2H3,(H,23,29)(H,24,27)(H,25,28). The summed E-state index contributed by atoms with van der Waals surface area (Å²) in [7, 11) is 1.58. The van der Waals surface area contributed by atoms with Gasteiger partial charge in [-0.25, -0.2) is 0 Å². The molecule has 0 aliphatic heterocycles. The second-order valence-electron chi connectivity index (χ2n) is 7.40. The van der Waals surface area contributed by atoms with Gasteiger partial charge < -0.3 is 20.7 Å². The van der Waals surface area contributed by atoms with E-state index in [1.165, 1.54) is 10.9 Å². The second-order valence-corrected chi connectivity index (χ2v) is 7.40. The highest BCUT2D eigenvalue weighted by molar-refractivity contribution is 5.97. The predicted molar refractivity (Wildman–Crippen MR) is 112 cm³/mol. The first-order valence-electron chi connectivity index (χ1n) is 10.0. The Morgan fingerprint density at radius 1 is 1.13 bits per heavy atom. The molecule has 3 amide bonds. The van der Waals surface area contributed by atoms with Crippen molar-refractivity contribution in [2.24, 2.45) is 5.92 Å². The summed E-state index contributed by atoms with van der Waals surface area (Å²) in [6, 6.07) is 6.34. The molecule has 1 aliphatic carbocycles. The molecule has 3 rings (SSSR count). The number of methoxy groups -OCH3 is 1. The normalized spacial score (nSPS) is 14.7. The molecule has 1 saturated carbocycles. The van der Waals surface area contributed by atoms with Crippen molar-refractivity contribution in [3.63, 3.8) is 0 Å². The fraction of sp³-hybridized carbons (Fsp3) is 0.429. The van der Waals surface area contributed by atoms with Gasteiger partial charge in [-0.05, 0) is 44.0 Å². The van der Waals surface area contributed by atoms with Gasteiger partial charge in [0.15, 0.2) is 0 Å².